The lowest BCUT2D eigenvalue weighted by atomic mass is 9.71. The monoisotopic (exact) mass is 486 g/mol. The second-order valence-corrected chi connectivity index (χ2v) is 11.4. The van der Waals surface area contributed by atoms with E-state index in [9.17, 15) is 18.7 Å². The molecule has 1 fully saturated rings. The normalized spacial score (nSPS) is 22.5. The van der Waals surface area contributed by atoms with Crippen molar-refractivity contribution in [3.63, 3.8) is 0 Å². The van der Waals surface area contributed by atoms with Crippen molar-refractivity contribution < 1.29 is 18.7 Å². The molecule has 0 saturated heterocycles. The molecule has 0 radical (unpaired) electrons. The van der Waals surface area contributed by atoms with Crippen molar-refractivity contribution in [2.75, 3.05) is 6.54 Å². The number of hydrogen-bond acceptors (Lipinski definition) is 3. The molecule has 4 atom stereocenters. The smallest absolute Gasteiger partial charge is 0.217 e. The van der Waals surface area contributed by atoms with Crippen LogP contribution in [-0.4, -0.2) is 29.7 Å². The van der Waals surface area contributed by atoms with Gasteiger partial charge in [-0.2, -0.15) is 0 Å². The van der Waals surface area contributed by atoms with Gasteiger partial charge in [0, 0.05) is 25.1 Å². The number of carbonyl (C=O) groups excluding carboxylic acids is 1. The predicted molar refractivity (Wildman–Crippen MR) is 136 cm³/mol. The number of rotatable bonds is 8. The molecule has 3 N–H and O–H groups in total. The Bertz CT molecular complexity index is 1000. The summed E-state index contributed by atoms with van der Waals surface area (Å²) < 4.78 is 27.4. The zero-order valence-electron chi connectivity index (χ0n) is 21.6. The van der Waals surface area contributed by atoms with Gasteiger partial charge in [-0.3, -0.25) is 4.79 Å². The zero-order chi connectivity index (χ0) is 25.8. The highest BCUT2D eigenvalue weighted by Gasteiger charge is 2.37. The molecule has 192 valence electrons. The van der Waals surface area contributed by atoms with Crippen LogP contribution in [0.1, 0.15) is 77.0 Å². The SMILES string of the molecule is CC(=O)N[C@H](Cc1cc(F)cc(F)c1)[C@H](O)CNC1(c2cccc(C(C)(C)C)c2)CCCC(C)C1. The van der Waals surface area contributed by atoms with Crippen LogP contribution < -0.4 is 10.6 Å². The molecular weight excluding hydrogens is 446 g/mol. The van der Waals surface area contributed by atoms with E-state index in [-0.39, 0.29) is 29.8 Å². The summed E-state index contributed by atoms with van der Waals surface area (Å²) in [5, 5.41) is 17.6. The summed E-state index contributed by atoms with van der Waals surface area (Å²) >= 11 is 0. The van der Waals surface area contributed by atoms with E-state index >= 15 is 0 Å². The summed E-state index contributed by atoms with van der Waals surface area (Å²) in [5.41, 5.74) is 2.60. The molecule has 0 aliphatic heterocycles. The highest BCUT2D eigenvalue weighted by Crippen LogP contribution is 2.41. The Morgan fingerprint density at radius 2 is 1.86 bits per heavy atom. The van der Waals surface area contributed by atoms with Crippen molar-refractivity contribution in [2.24, 2.45) is 5.92 Å². The van der Waals surface area contributed by atoms with Gasteiger partial charge in [-0.15, -0.1) is 0 Å². The van der Waals surface area contributed by atoms with Gasteiger partial charge in [-0.25, -0.2) is 8.78 Å². The minimum atomic E-state index is -0.940. The van der Waals surface area contributed by atoms with Gasteiger partial charge < -0.3 is 15.7 Å². The van der Waals surface area contributed by atoms with E-state index in [0.29, 0.717) is 11.5 Å². The minimum absolute atomic E-state index is 0.0216. The number of amides is 1. The summed E-state index contributed by atoms with van der Waals surface area (Å²) in [4.78, 5) is 11.9. The minimum Gasteiger partial charge on any atom is -0.390 e. The zero-order valence-corrected chi connectivity index (χ0v) is 21.6. The van der Waals surface area contributed by atoms with Crippen LogP contribution in [0.25, 0.3) is 0 Å². The average Bonchev–Trinajstić information content (AvgIpc) is 2.75. The summed E-state index contributed by atoms with van der Waals surface area (Å²) in [6, 6.07) is 11.3. The molecule has 0 spiro atoms. The highest BCUT2D eigenvalue weighted by molar-refractivity contribution is 5.73. The Balaban J connectivity index is 1.84. The first kappa shape index (κ1) is 27.3. The fraction of sp³-hybridized carbons (Fsp3) is 0.552. The summed E-state index contributed by atoms with van der Waals surface area (Å²) in [7, 11) is 0. The van der Waals surface area contributed by atoms with E-state index in [1.807, 2.05) is 0 Å². The van der Waals surface area contributed by atoms with Gasteiger partial charge >= 0.3 is 0 Å². The Labute approximate surface area is 208 Å². The first-order valence-corrected chi connectivity index (χ1v) is 12.6. The van der Waals surface area contributed by atoms with Crippen molar-refractivity contribution in [1.29, 1.82) is 0 Å². The van der Waals surface area contributed by atoms with Crippen molar-refractivity contribution in [1.82, 2.24) is 10.6 Å². The van der Waals surface area contributed by atoms with E-state index < -0.39 is 23.8 Å². The van der Waals surface area contributed by atoms with E-state index in [1.54, 1.807) is 0 Å². The maximum atomic E-state index is 13.7. The molecule has 1 aliphatic rings. The maximum absolute atomic E-state index is 13.7. The van der Waals surface area contributed by atoms with E-state index in [2.05, 4.69) is 62.6 Å². The summed E-state index contributed by atoms with van der Waals surface area (Å²) in [6.07, 6.45) is 3.35. The van der Waals surface area contributed by atoms with Crippen LogP contribution in [0.3, 0.4) is 0 Å². The number of benzene rings is 2. The summed E-state index contributed by atoms with van der Waals surface area (Å²) in [6.45, 7) is 10.5. The van der Waals surface area contributed by atoms with Gasteiger partial charge in [0.15, 0.2) is 0 Å². The van der Waals surface area contributed by atoms with Crippen molar-refractivity contribution in [3.05, 3.63) is 70.8 Å². The van der Waals surface area contributed by atoms with Crippen LogP contribution in [0.5, 0.6) is 0 Å². The number of nitrogens with one attached hydrogen (secondary N) is 2. The van der Waals surface area contributed by atoms with Crippen LogP contribution in [0.15, 0.2) is 42.5 Å². The van der Waals surface area contributed by atoms with Gasteiger partial charge in [0.1, 0.15) is 11.6 Å². The van der Waals surface area contributed by atoms with Gasteiger partial charge in [-0.1, -0.05) is 64.8 Å². The fourth-order valence-electron chi connectivity index (χ4n) is 5.33. The number of carbonyl (C=O) groups is 1. The number of aliphatic hydroxyl groups excluding tert-OH is 1. The lowest BCUT2D eigenvalue weighted by Crippen LogP contribution is -2.53. The molecule has 2 aromatic rings. The molecule has 4 nitrogen and oxygen atoms in total. The largest absolute Gasteiger partial charge is 0.390 e. The maximum Gasteiger partial charge on any atom is 0.217 e. The number of aliphatic hydroxyl groups is 1. The molecule has 2 aromatic carbocycles. The Morgan fingerprint density at radius 1 is 1.17 bits per heavy atom. The lowest BCUT2D eigenvalue weighted by Gasteiger charge is -2.43. The standard InChI is InChI=1S/C29H40F2N2O2/c1-19-8-7-11-29(17-19,23-10-6-9-22(15-23)28(3,4)5)32-18-27(35)26(33-20(2)34)14-21-12-24(30)16-25(31)13-21/h6,9-10,12-13,15-16,19,26-27,32,35H,7-8,11,14,17-18H2,1-5H3,(H,33,34)/t19?,26-,27-,29?/m1/s1. The van der Waals surface area contributed by atoms with E-state index in [1.165, 1.54) is 36.6 Å². The first-order valence-electron chi connectivity index (χ1n) is 12.6. The summed E-state index contributed by atoms with van der Waals surface area (Å²) in [5.74, 6) is -1.12. The lowest BCUT2D eigenvalue weighted by molar-refractivity contribution is -0.120. The van der Waals surface area contributed by atoms with E-state index in [4.69, 9.17) is 0 Å². The third-order valence-corrected chi connectivity index (χ3v) is 7.16. The van der Waals surface area contributed by atoms with Gasteiger partial charge in [-0.05, 0) is 59.4 Å². The molecule has 1 saturated carbocycles. The predicted octanol–water partition coefficient (Wildman–Crippen LogP) is 5.37. The number of halogens is 2. The van der Waals surface area contributed by atoms with Gasteiger partial charge in [0.05, 0.1) is 12.1 Å². The van der Waals surface area contributed by atoms with E-state index in [0.717, 1.165) is 25.3 Å². The molecule has 35 heavy (non-hydrogen) atoms. The van der Waals surface area contributed by atoms with Crippen molar-refractivity contribution in [3.8, 4) is 0 Å². The van der Waals surface area contributed by atoms with Crippen molar-refractivity contribution in [2.45, 2.75) is 89.8 Å². The Hall–Kier alpha value is -2.31. The fourth-order valence-corrected chi connectivity index (χ4v) is 5.33. The average molecular weight is 487 g/mol. The number of hydrogen-bond donors (Lipinski definition) is 3. The highest BCUT2D eigenvalue weighted by atomic mass is 19.1. The van der Waals surface area contributed by atoms with Crippen LogP contribution in [0, 0.1) is 17.6 Å². The van der Waals surface area contributed by atoms with Crippen LogP contribution in [-0.2, 0) is 22.2 Å². The molecule has 0 bridgehead atoms. The second-order valence-electron chi connectivity index (χ2n) is 11.4. The Morgan fingerprint density at radius 3 is 2.46 bits per heavy atom. The quantitative estimate of drug-likeness (QED) is 0.470. The van der Waals surface area contributed by atoms with Gasteiger partial charge in [0.25, 0.3) is 0 Å². The van der Waals surface area contributed by atoms with Crippen LogP contribution >= 0.6 is 0 Å². The molecule has 3 rings (SSSR count). The van der Waals surface area contributed by atoms with Crippen molar-refractivity contribution >= 4 is 5.91 Å². The second kappa shape index (κ2) is 11.2. The van der Waals surface area contributed by atoms with Crippen LogP contribution in [0.4, 0.5) is 8.78 Å². The molecule has 1 aliphatic carbocycles. The molecule has 2 unspecified atom stereocenters. The third kappa shape index (κ3) is 7.34. The molecule has 6 heteroatoms. The van der Waals surface area contributed by atoms with Gasteiger partial charge in [0.2, 0.25) is 5.91 Å². The Kier molecular flexibility index (Phi) is 8.71. The topological polar surface area (TPSA) is 61.4 Å². The molecule has 1 amide bonds. The molecule has 0 aromatic heterocycles. The van der Waals surface area contributed by atoms with Crippen LogP contribution in [0.2, 0.25) is 0 Å². The first-order chi connectivity index (χ1) is 16.4. The molecular formula is C29H40F2N2O2. The molecule has 0 heterocycles. The third-order valence-electron chi connectivity index (χ3n) is 7.16.